The maximum absolute atomic E-state index is 11.0. The van der Waals surface area contributed by atoms with E-state index in [2.05, 4.69) is 29.6 Å². The summed E-state index contributed by atoms with van der Waals surface area (Å²) in [5.41, 5.74) is 1.38. The van der Waals surface area contributed by atoms with E-state index in [1.54, 1.807) is 0 Å². The Morgan fingerprint density at radius 2 is 2.13 bits per heavy atom. The molecule has 0 aliphatic carbocycles. The van der Waals surface area contributed by atoms with Crippen molar-refractivity contribution < 1.29 is 4.79 Å². The Morgan fingerprint density at radius 1 is 1.33 bits per heavy atom. The number of carbonyl (C=O) groups excluding carboxylic acids is 1. The van der Waals surface area contributed by atoms with Crippen LogP contribution in [0, 0.1) is 0 Å². The van der Waals surface area contributed by atoms with Gasteiger partial charge in [0.2, 0.25) is 5.12 Å². The second kappa shape index (κ2) is 5.33. The lowest BCUT2D eigenvalue weighted by atomic mass is 10.1. The third kappa shape index (κ3) is 3.36. The van der Waals surface area contributed by atoms with Crippen molar-refractivity contribution in [2.45, 2.75) is 24.6 Å². The summed E-state index contributed by atoms with van der Waals surface area (Å²) < 4.78 is 0. The van der Waals surface area contributed by atoms with E-state index in [1.165, 1.54) is 17.3 Å². The molecule has 0 radical (unpaired) electrons. The SMILES string of the molecule is O=C1CNC(CCCc2ccccc2)S1. The predicted octanol–water partition coefficient (Wildman–Crippen LogP) is 2.20. The standard InChI is InChI=1S/C12H15NOS/c14-12-9-13-11(15-12)8-4-7-10-5-2-1-3-6-10/h1-3,5-6,11,13H,4,7-9H2. The zero-order valence-corrected chi connectivity index (χ0v) is 9.43. The maximum atomic E-state index is 11.0. The molecule has 15 heavy (non-hydrogen) atoms. The molecule has 1 aromatic carbocycles. The number of nitrogens with one attached hydrogen (secondary N) is 1. The van der Waals surface area contributed by atoms with Gasteiger partial charge in [-0.15, -0.1) is 0 Å². The molecular weight excluding hydrogens is 206 g/mol. The minimum Gasteiger partial charge on any atom is -0.297 e. The van der Waals surface area contributed by atoms with E-state index in [0.717, 1.165) is 19.3 Å². The first-order valence-electron chi connectivity index (χ1n) is 5.31. The molecule has 3 heteroatoms. The molecule has 80 valence electrons. The Bertz CT molecular complexity index is 326. The van der Waals surface area contributed by atoms with E-state index in [9.17, 15) is 4.79 Å². The first kappa shape index (κ1) is 10.7. The van der Waals surface area contributed by atoms with Crippen LogP contribution in [0.1, 0.15) is 18.4 Å². The fourth-order valence-electron chi connectivity index (χ4n) is 1.74. The van der Waals surface area contributed by atoms with Gasteiger partial charge >= 0.3 is 0 Å². The molecule has 2 rings (SSSR count). The Balaban J connectivity index is 1.69. The van der Waals surface area contributed by atoms with E-state index in [1.807, 2.05) is 6.07 Å². The van der Waals surface area contributed by atoms with Crippen LogP contribution in [0.5, 0.6) is 0 Å². The molecular formula is C12H15NOS. The average molecular weight is 221 g/mol. The average Bonchev–Trinajstić information content (AvgIpc) is 2.66. The van der Waals surface area contributed by atoms with Crippen LogP contribution in [0.15, 0.2) is 30.3 Å². The fraction of sp³-hybridized carbons (Fsp3) is 0.417. The van der Waals surface area contributed by atoms with Crippen molar-refractivity contribution in [2.75, 3.05) is 6.54 Å². The molecule has 1 fully saturated rings. The van der Waals surface area contributed by atoms with Crippen molar-refractivity contribution >= 4 is 16.9 Å². The van der Waals surface area contributed by atoms with Gasteiger partial charge in [0.25, 0.3) is 0 Å². The van der Waals surface area contributed by atoms with E-state index in [0.29, 0.717) is 11.9 Å². The summed E-state index contributed by atoms with van der Waals surface area (Å²) in [6.45, 7) is 0.542. The highest BCUT2D eigenvalue weighted by atomic mass is 32.2. The normalized spacial score (nSPS) is 20.8. The Labute approximate surface area is 94.4 Å². The number of carbonyl (C=O) groups is 1. The molecule has 1 heterocycles. The number of thioether (sulfide) groups is 1. The third-order valence-electron chi connectivity index (χ3n) is 2.52. The number of hydrogen-bond donors (Lipinski definition) is 1. The van der Waals surface area contributed by atoms with Crippen molar-refractivity contribution in [3.63, 3.8) is 0 Å². The Kier molecular flexibility index (Phi) is 3.80. The third-order valence-corrected chi connectivity index (χ3v) is 3.62. The Hall–Kier alpha value is -0.800. The van der Waals surface area contributed by atoms with Crippen LogP contribution >= 0.6 is 11.8 Å². The first-order valence-corrected chi connectivity index (χ1v) is 6.19. The van der Waals surface area contributed by atoms with E-state index in [4.69, 9.17) is 0 Å². The van der Waals surface area contributed by atoms with Gasteiger partial charge in [0, 0.05) is 0 Å². The number of rotatable bonds is 4. The van der Waals surface area contributed by atoms with Crippen LogP contribution in [0.2, 0.25) is 0 Å². The summed E-state index contributed by atoms with van der Waals surface area (Å²) in [6.07, 6.45) is 3.32. The van der Waals surface area contributed by atoms with Gasteiger partial charge in [-0.1, -0.05) is 42.1 Å². The summed E-state index contributed by atoms with van der Waals surface area (Å²) >= 11 is 1.45. The molecule has 1 aliphatic rings. The van der Waals surface area contributed by atoms with Gasteiger partial charge < -0.3 is 0 Å². The molecule has 1 unspecified atom stereocenters. The van der Waals surface area contributed by atoms with Crippen molar-refractivity contribution in [1.29, 1.82) is 0 Å². The van der Waals surface area contributed by atoms with Gasteiger partial charge in [0.05, 0.1) is 11.9 Å². The minimum atomic E-state index is 0.278. The van der Waals surface area contributed by atoms with E-state index < -0.39 is 0 Å². The van der Waals surface area contributed by atoms with Gasteiger partial charge in [-0.2, -0.15) is 0 Å². The summed E-state index contributed by atoms with van der Waals surface area (Å²) in [5, 5.41) is 3.83. The van der Waals surface area contributed by atoms with Crippen LogP contribution in [0.4, 0.5) is 0 Å². The molecule has 0 bridgehead atoms. The van der Waals surface area contributed by atoms with Gasteiger partial charge in [-0.3, -0.25) is 10.1 Å². The lowest BCUT2D eigenvalue weighted by Crippen LogP contribution is -2.19. The van der Waals surface area contributed by atoms with Crippen LogP contribution < -0.4 is 5.32 Å². The van der Waals surface area contributed by atoms with Gasteiger partial charge in [-0.05, 0) is 24.8 Å². The largest absolute Gasteiger partial charge is 0.297 e. The van der Waals surface area contributed by atoms with Crippen molar-refractivity contribution in [2.24, 2.45) is 0 Å². The quantitative estimate of drug-likeness (QED) is 0.845. The monoisotopic (exact) mass is 221 g/mol. The molecule has 0 amide bonds. The van der Waals surface area contributed by atoms with Gasteiger partial charge in [0.1, 0.15) is 0 Å². The molecule has 1 saturated heterocycles. The predicted molar refractivity (Wildman–Crippen MR) is 63.8 cm³/mol. The second-order valence-electron chi connectivity index (χ2n) is 3.74. The van der Waals surface area contributed by atoms with Crippen LogP contribution in [0.3, 0.4) is 0 Å². The fourth-order valence-corrected chi connectivity index (χ4v) is 2.67. The lowest BCUT2D eigenvalue weighted by molar-refractivity contribution is -0.109. The molecule has 0 spiro atoms. The zero-order chi connectivity index (χ0) is 10.5. The summed E-state index contributed by atoms with van der Waals surface area (Å²) in [4.78, 5) is 11.0. The summed E-state index contributed by atoms with van der Waals surface area (Å²) in [6, 6.07) is 10.5. The lowest BCUT2D eigenvalue weighted by Gasteiger charge is -2.07. The van der Waals surface area contributed by atoms with Gasteiger partial charge in [0.15, 0.2) is 0 Å². The molecule has 1 aromatic rings. The molecule has 1 atom stereocenters. The Morgan fingerprint density at radius 3 is 2.80 bits per heavy atom. The number of hydrogen-bond acceptors (Lipinski definition) is 3. The highest BCUT2D eigenvalue weighted by molar-refractivity contribution is 8.14. The summed E-state index contributed by atoms with van der Waals surface area (Å²) in [5.74, 6) is 0. The number of aryl methyl sites for hydroxylation is 1. The maximum Gasteiger partial charge on any atom is 0.204 e. The van der Waals surface area contributed by atoms with Crippen molar-refractivity contribution in [3.8, 4) is 0 Å². The second-order valence-corrected chi connectivity index (χ2v) is 5.00. The minimum absolute atomic E-state index is 0.278. The molecule has 0 saturated carbocycles. The zero-order valence-electron chi connectivity index (χ0n) is 8.61. The molecule has 1 aliphatic heterocycles. The summed E-state index contributed by atoms with van der Waals surface area (Å²) in [7, 11) is 0. The number of benzene rings is 1. The van der Waals surface area contributed by atoms with Crippen LogP contribution in [-0.4, -0.2) is 17.0 Å². The first-order chi connectivity index (χ1) is 7.34. The highest BCUT2D eigenvalue weighted by Gasteiger charge is 2.21. The highest BCUT2D eigenvalue weighted by Crippen LogP contribution is 2.20. The van der Waals surface area contributed by atoms with E-state index in [-0.39, 0.29) is 5.12 Å². The van der Waals surface area contributed by atoms with Crippen molar-refractivity contribution in [1.82, 2.24) is 5.32 Å². The molecule has 2 nitrogen and oxygen atoms in total. The van der Waals surface area contributed by atoms with Crippen LogP contribution in [-0.2, 0) is 11.2 Å². The molecule has 1 N–H and O–H groups in total. The molecule has 0 aromatic heterocycles. The topological polar surface area (TPSA) is 29.1 Å². The smallest absolute Gasteiger partial charge is 0.204 e. The van der Waals surface area contributed by atoms with E-state index >= 15 is 0 Å². The van der Waals surface area contributed by atoms with Crippen molar-refractivity contribution in [3.05, 3.63) is 35.9 Å². The van der Waals surface area contributed by atoms with Gasteiger partial charge in [-0.25, -0.2) is 0 Å². The van der Waals surface area contributed by atoms with Crippen LogP contribution in [0.25, 0.3) is 0 Å².